The second-order valence-corrected chi connectivity index (χ2v) is 22.3. The Balaban J connectivity index is 0.000000240. The number of aliphatic imine (C=N–C) groups is 2. The molecule has 5 aliphatic heterocycles. The Morgan fingerprint density at radius 1 is 0.547 bits per heavy atom. The predicted molar refractivity (Wildman–Crippen MR) is 276 cm³/mol. The maximum Gasteiger partial charge on any atom is 1.00 e. The Morgan fingerprint density at radius 2 is 0.875 bits per heavy atom. The smallest absolute Gasteiger partial charge is 1.00 e. The van der Waals surface area contributed by atoms with Gasteiger partial charge in [-0.3, -0.25) is 9.98 Å². The second-order valence-electron chi connectivity index (χ2n) is 21.4. The van der Waals surface area contributed by atoms with E-state index < -0.39 is 0 Å². The van der Waals surface area contributed by atoms with Gasteiger partial charge in [0.15, 0.2) is 0 Å². The fraction of sp³-hybridized carbons (Fsp3) is 0.509. The van der Waals surface area contributed by atoms with E-state index in [1.807, 2.05) is 0 Å². The number of rotatable bonds is 7. The van der Waals surface area contributed by atoms with Crippen molar-refractivity contribution in [3.8, 4) is 0 Å². The van der Waals surface area contributed by atoms with E-state index in [0.29, 0.717) is 5.41 Å². The molecule has 3 fully saturated rings. The van der Waals surface area contributed by atoms with Crippen molar-refractivity contribution in [2.45, 2.75) is 114 Å². The standard InChI is InChI=1S/C29H40BN3O2.C23H28BrN3.CH4.K.H/c1-27(2,3)20-23-18-21-19-25(12-13-26(21)31-23)33-16-14-32(15-17-33)24-10-8-22(9-11-24)30-34-28(4,5)29(6,7)35-30;1-23(2,3)16-19-14-17-15-21(8-9-22(17)25-19)27-12-10-26(11-13-27)20-6-4-18(24)5-7-20;;;/h8-13,19H,14-18,20H2,1-7H3;4-9,15H,10-14,16H2,1-3H3;1H4;;/q;;;+1;-1. The molecular weight excluding hydrogens is 882 g/mol. The van der Waals surface area contributed by atoms with Crippen LogP contribution in [-0.2, 0) is 22.2 Å². The van der Waals surface area contributed by atoms with Crippen molar-refractivity contribution in [1.82, 2.24) is 0 Å². The van der Waals surface area contributed by atoms with Crippen molar-refractivity contribution in [2.24, 2.45) is 20.8 Å². The number of piperazine rings is 2. The number of anilines is 4. The zero-order valence-corrected chi connectivity index (χ0v) is 44.7. The molecule has 0 radical (unpaired) electrons. The van der Waals surface area contributed by atoms with E-state index in [2.05, 4.69) is 190 Å². The van der Waals surface area contributed by atoms with E-state index in [0.717, 1.165) is 93.7 Å². The van der Waals surface area contributed by atoms with Crippen LogP contribution in [0.4, 0.5) is 34.1 Å². The minimum atomic E-state index is -0.315. The Hall–Kier alpha value is -2.48. The van der Waals surface area contributed by atoms with Crippen LogP contribution in [0.2, 0.25) is 0 Å². The summed E-state index contributed by atoms with van der Waals surface area (Å²) in [5.74, 6) is 0. The number of nitrogens with zero attached hydrogens (tertiary/aromatic N) is 6. The summed E-state index contributed by atoms with van der Waals surface area (Å²) in [6.07, 6.45) is 4.14. The van der Waals surface area contributed by atoms with Crippen molar-refractivity contribution < 1.29 is 62.1 Å². The van der Waals surface area contributed by atoms with Gasteiger partial charge < -0.3 is 30.3 Å². The molecule has 64 heavy (non-hydrogen) atoms. The molecule has 0 amide bonds. The van der Waals surface area contributed by atoms with E-state index in [1.54, 1.807) is 0 Å². The summed E-state index contributed by atoms with van der Waals surface area (Å²) in [5.41, 5.74) is 14.0. The van der Waals surface area contributed by atoms with Crippen LogP contribution in [0, 0.1) is 10.8 Å². The first-order chi connectivity index (χ1) is 29.3. The third kappa shape index (κ3) is 12.3. The average molecular weight is 956 g/mol. The Labute approximate surface area is 438 Å². The Morgan fingerprint density at radius 3 is 1.23 bits per heavy atom. The monoisotopic (exact) mass is 954 g/mol. The molecule has 0 aliphatic carbocycles. The normalized spacial score (nSPS) is 18.9. The molecule has 0 aromatic heterocycles. The van der Waals surface area contributed by atoms with Crippen LogP contribution in [0.25, 0.3) is 0 Å². The van der Waals surface area contributed by atoms with Gasteiger partial charge in [0.1, 0.15) is 0 Å². The van der Waals surface area contributed by atoms with Gasteiger partial charge in [-0.1, -0.05) is 77.0 Å². The van der Waals surface area contributed by atoms with E-state index in [4.69, 9.17) is 19.3 Å². The molecule has 4 aromatic rings. The topological polar surface area (TPSA) is 56.1 Å². The van der Waals surface area contributed by atoms with E-state index in [1.165, 1.54) is 51.0 Å². The molecule has 0 spiro atoms. The third-order valence-electron chi connectivity index (χ3n) is 13.2. The summed E-state index contributed by atoms with van der Waals surface area (Å²) in [6, 6.07) is 31.0. The molecule has 9 rings (SSSR count). The molecule has 0 bridgehead atoms. The van der Waals surface area contributed by atoms with Gasteiger partial charge in [0, 0.05) is 104 Å². The predicted octanol–water partition coefficient (Wildman–Crippen LogP) is 8.97. The van der Waals surface area contributed by atoms with Crippen LogP contribution in [0.5, 0.6) is 0 Å². The van der Waals surface area contributed by atoms with Crippen LogP contribution < -0.4 is 76.4 Å². The molecule has 4 aromatic carbocycles. The summed E-state index contributed by atoms with van der Waals surface area (Å²) >= 11 is 3.52. The van der Waals surface area contributed by atoms with Crippen molar-refractivity contribution in [3.63, 3.8) is 0 Å². The summed E-state index contributed by atoms with van der Waals surface area (Å²) in [6.45, 7) is 30.4. The number of halogens is 1. The van der Waals surface area contributed by atoms with Gasteiger partial charge in [-0.15, -0.1) is 0 Å². The van der Waals surface area contributed by atoms with Crippen molar-refractivity contribution in [1.29, 1.82) is 0 Å². The van der Waals surface area contributed by atoms with Crippen molar-refractivity contribution in [2.75, 3.05) is 72.0 Å². The molecule has 0 N–H and O–H groups in total. The average Bonchev–Trinajstić information content (AvgIpc) is 3.87. The first kappa shape index (κ1) is 50.9. The van der Waals surface area contributed by atoms with E-state index >= 15 is 0 Å². The zero-order chi connectivity index (χ0) is 44.0. The largest absolute Gasteiger partial charge is 1.00 e. The molecule has 8 nitrogen and oxygen atoms in total. The number of fused-ring (bicyclic) bond motifs is 2. The first-order valence-electron chi connectivity index (χ1n) is 22.9. The maximum absolute atomic E-state index is 6.21. The molecular formula is C53H73BBrKN6O2. The Kier molecular flexibility index (Phi) is 16.2. The number of benzene rings is 4. The fourth-order valence-electron chi connectivity index (χ4n) is 9.25. The van der Waals surface area contributed by atoms with Gasteiger partial charge in [0.25, 0.3) is 0 Å². The first-order valence-corrected chi connectivity index (χ1v) is 23.7. The summed E-state index contributed by atoms with van der Waals surface area (Å²) < 4.78 is 13.6. The molecule has 5 heterocycles. The van der Waals surface area contributed by atoms with Gasteiger partial charge in [0.05, 0.1) is 22.6 Å². The SMILES string of the molecule is C.CC(C)(C)CC1=Nc2ccc(N3CCN(c4ccc(B5OC(C)(C)C(C)(C)O5)cc4)CC3)cc2C1.CC(C)(C)CC1=Nc2ccc(N3CCN(c4ccc(Br)cc4)CC3)cc2C1.[H-].[K+]. The van der Waals surface area contributed by atoms with Crippen LogP contribution in [0.1, 0.15) is 102 Å². The summed E-state index contributed by atoms with van der Waals surface area (Å²) in [7, 11) is -0.307. The number of hydrogen-bond acceptors (Lipinski definition) is 8. The van der Waals surface area contributed by atoms with Crippen LogP contribution in [-0.4, -0.2) is 82.1 Å². The van der Waals surface area contributed by atoms with Crippen LogP contribution in [0.3, 0.4) is 0 Å². The van der Waals surface area contributed by atoms with Crippen molar-refractivity contribution in [3.05, 3.63) is 101 Å². The Bertz CT molecular complexity index is 2270. The zero-order valence-electron chi connectivity index (χ0n) is 41.0. The molecule has 0 saturated carbocycles. The fourth-order valence-corrected chi connectivity index (χ4v) is 9.51. The van der Waals surface area contributed by atoms with E-state index in [-0.39, 0.29) is 84.0 Å². The molecule has 338 valence electrons. The number of hydrogen-bond donors (Lipinski definition) is 0. The van der Waals surface area contributed by atoms with Gasteiger partial charge in [-0.2, -0.15) is 0 Å². The van der Waals surface area contributed by atoms with E-state index in [9.17, 15) is 0 Å². The van der Waals surface area contributed by atoms with Gasteiger partial charge in [-0.25, -0.2) is 0 Å². The minimum absolute atomic E-state index is 0. The van der Waals surface area contributed by atoms with Gasteiger partial charge in [-0.05, 0) is 141 Å². The van der Waals surface area contributed by atoms with Gasteiger partial charge >= 0.3 is 58.5 Å². The molecule has 0 unspecified atom stereocenters. The minimum Gasteiger partial charge on any atom is -1.00 e. The van der Waals surface area contributed by atoms with Crippen LogP contribution in [0.15, 0.2) is 99.4 Å². The summed E-state index contributed by atoms with van der Waals surface area (Å²) in [5, 5.41) is 0. The quantitative estimate of drug-likeness (QED) is 0.173. The molecule has 3 saturated heterocycles. The van der Waals surface area contributed by atoms with Crippen LogP contribution >= 0.6 is 15.9 Å². The third-order valence-corrected chi connectivity index (χ3v) is 13.7. The molecule has 0 atom stereocenters. The molecule has 5 aliphatic rings. The van der Waals surface area contributed by atoms with Gasteiger partial charge in [0.2, 0.25) is 0 Å². The second kappa shape index (κ2) is 20.4. The summed E-state index contributed by atoms with van der Waals surface area (Å²) in [4.78, 5) is 19.7. The maximum atomic E-state index is 6.21. The van der Waals surface area contributed by atoms with Crippen molar-refractivity contribution >= 4 is 74.1 Å². The molecule has 11 heteroatoms.